The third kappa shape index (κ3) is 5.72. The molecule has 0 spiro atoms. The van der Waals surface area contributed by atoms with Gasteiger partial charge in [0.05, 0.1) is 19.9 Å². The van der Waals surface area contributed by atoms with Crippen LogP contribution in [0.4, 0.5) is 5.69 Å². The Bertz CT molecular complexity index is 1070. The van der Waals surface area contributed by atoms with Crippen molar-refractivity contribution in [2.75, 3.05) is 14.2 Å². The van der Waals surface area contributed by atoms with Crippen LogP contribution in [-0.4, -0.2) is 31.5 Å². The predicted octanol–water partition coefficient (Wildman–Crippen LogP) is 4.78. The summed E-state index contributed by atoms with van der Waals surface area (Å²) in [6.07, 6.45) is 4.65. The van der Waals surface area contributed by atoms with Gasteiger partial charge in [-0.25, -0.2) is 4.79 Å². The summed E-state index contributed by atoms with van der Waals surface area (Å²) in [7, 11) is 3.09. The molecule has 0 aliphatic carbocycles. The van der Waals surface area contributed by atoms with E-state index in [1.807, 2.05) is 24.3 Å². The first-order chi connectivity index (χ1) is 14.6. The second-order valence-electron chi connectivity index (χ2n) is 6.22. The molecule has 0 aliphatic heterocycles. The van der Waals surface area contributed by atoms with Crippen LogP contribution in [0.5, 0.6) is 23.0 Å². The predicted molar refractivity (Wildman–Crippen MR) is 116 cm³/mol. The Kier molecular flexibility index (Phi) is 6.84. The van der Waals surface area contributed by atoms with Gasteiger partial charge >= 0.3 is 5.97 Å². The van der Waals surface area contributed by atoms with E-state index < -0.39 is 5.97 Å². The summed E-state index contributed by atoms with van der Waals surface area (Å²) in [5, 5.41) is 9.32. The summed E-state index contributed by atoms with van der Waals surface area (Å²) in [6, 6.07) is 19.0. The first-order valence-electron chi connectivity index (χ1n) is 9.12. The average Bonchev–Trinajstić information content (AvgIpc) is 2.78. The van der Waals surface area contributed by atoms with Crippen LogP contribution in [0.25, 0.3) is 6.08 Å². The number of methoxy groups -OCH3 is 2. The lowest BCUT2D eigenvalue weighted by Gasteiger charge is -2.08. The Hall–Kier alpha value is -4.06. The number of benzene rings is 3. The van der Waals surface area contributed by atoms with E-state index in [9.17, 15) is 9.90 Å². The molecule has 0 aliphatic rings. The molecule has 0 heterocycles. The average molecular weight is 403 g/mol. The Morgan fingerprint density at radius 1 is 0.900 bits per heavy atom. The number of esters is 1. The van der Waals surface area contributed by atoms with Crippen molar-refractivity contribution in [2.45, 2.75) is 0 Å². The zero-order valence-electron chi connectivity index (χ0n) is 16.6. The van der Waals surface area contributed by atoms with E-state index >= 15 is 0 Å². The third-order valence-corrected chi connectivity index (χ3v) is 4.12. The Labute approximate surface area is 174 Å². The fraction of sp³-hybridized carbons (Fsp3) is 0.0833. The molecule has 3 aromatic rings. The molecule has 0 saturated heterocycles. The van der Waals surface area contributed by atoms with E-state index in [-0.39, 0.29) is 5.75 Å². The number of nitrogens with zero attached hydrogens (tertiary/aromatic N) is 1. The van der Waals surface area contributed by atoms with Gasteiger partial charge in [-0.2, -0.15) is 0 Å². The molecule has 152 valence electrons. The molecule has 30 heavy (non-hydrogen) atoms. The minimum Gasteiger partial charge on any atom is -0.508 e. The number of phenolic OH excluding ortho intramolecular Hbond substituents is 1. The molecule has 1 N–H and O–H groups in total. The molecule has 0 bridgehead atoms. The molecular weight excluding hydrogens is 382 g/mol. The zero-order chi connectivity index (χ0) is 21.3. The summed E-state index contributed by atoms with van der Waals surface area (Å²) in [6.45, 7) is 0. The first kappa shape index (κ1) is 20.7. The lowest BCUT2D eigenvalue weighted by molar-refractivity contribution is -0.129. The highest BCUT2D eigenvalue weighted by molar-refractivity contribution is 5.89. The van der Waals surface area contributed by atoms with Crippen molar-refractivity contribution in [3.8, 4) is 23.0 Å². The summed E-state index contributed by atoms with van der Waals surface area (Å²) >= 11 is 0. The van der Waals surface area contributed by atoms with Gasteiger partial charge in [-0.05, 0) is 71.8 Å². The lowest BCUT2D eigenvalue weighted by atomic mass is 10.2. The maximum atomic E-state index is 12.2. The van der Waals surface area contributed by atoms with Crippen LogP contribution in [0.2, 0.25) is 0 Å². The largest absolute Gasteiger partial charge is 0.508 e. The second kappa shape index (κ2) is 9.93. The van der Waals surface area contributed by atoms with E-state index in [2.05, 4.69) is 4.99 Å². The number of aliphatic imine (C=N–C) groups is 1. The Morgan fingerprint density at radius 2 is 1.70 bits per heavy atom. The van der Waals surface area contributed by atoms with Gasteiger partial charge in [-0.3, -0.25) is 4.99 Å². The van der Waals surface area contributed by atoms with Crippen LogP contribution in [0, 0.1) is 0 Å². The molecule has 6 nitrogen and oxygen atoms in total. The van der Waals surface area contributed by atoms with Crippen molar-refractivity contribution in [3.63, 3.8) is 0 Å². The van der Waals surface area contributed by atoms with Crippen LogP contribution in [0.3, 0.4) is 0 Å². The second-order valence-corrected chi connectivity index (χ2v) is 6.22. The molecule has 0 aromatic heterocycles. The van der Waals surface area contributed by atoms with Crippen LogP contribution < -0.4 is 14.2 Å². The topological polar surface area (TPSA) is 77.4 Å². The van der Waals surface area contributed by atoms with Crippen molar-refractivity contribution >= 4 is 23.9 Å². The maximum Gasteiger partial charge on any atom is 0.336 e. The number of phenols is 1. The molecule has 3 aromatic carbocycles. The molecule has 6 heteroatoms. The molecule has 0 saturated carbocycles. The first-order valence-corrected chi connectivity index (χ1v) is 9.12. The van der Waals surface area contributed by atoms with Gasteiger partial charge in [-0.1, -0.05) is 12.1 Å². The Morgan fingerprint density at radius 3 is 2.43 bits per heavy atom. The van der Waals surface area contributed by atoms with Crippen molar-refractivity contribution in [1.29, 1.82) is 0 Å². The van der Waals surface area contributed by atoms with Crippen molar-refractivity contribution in [3.05, 3.63) is 83.9 Å². The third-order valence-electron chi connectivity index (χ3n) is 4.12. The van der Waals surface area contributed by atoms with Gasteiger partial charge in [0.15, 0.2) is 11.5 Å². The minimum atomic E-state index is -0.526. The molecule has 0 atom stereocenters. The number of carbonyl (C=O) groups is 1. The van der Waals surface area contributed by atoms with E-state index in [0.29, 0.717) is 22.9 Å². The highest BCUT2D eigenvalue weighted by atomic mass is 16.6. The van der Waals surface area contributed by atoms with Crippen LogP contribution >= 0.6 is 0 Å². The molecule has 0 unspecified atom stereocenters. The van der Waals surface area contributed by atoms with E-state index in [0.717, 1.165) is 11.1 Å². The number of carbonyl (C=O) groups excluding carboxylic acids is 1. The number of ether oxygens (including phenoxy) is 3. The monoisotopic (exact) mass is 403 g/mol. The normalized spacial score (nSPS) is 11.0. The van der Waals surface area contributed by atoms with Crippen LogP contribution in [0.15, 0.2) is 77.8 Å². The summed E-state index contributed by atoms with van der Waals surface area (Å²) in [5.74, 6) is 1.08. The van der Waals surface area contributed by atoms with Gasteiger partial charge in [0, 0.05) is 12.3 Å². The molecule has 0 fully saturated rings. The summed E-state index contributed by atoms with van der Waals surface area (Å²) in [4.78, 5) is 16.5. The molecule has 0 amide bonds. The molecule has 0 radical (unpaired) electrons. The van der Waals surface area contributed by atoms with E-state index in [4.69, 9.17) is 14.2 Å². The van der Waals surface area contributed by atoms with Gasteiger partial charge < -0.3 is 19.3 Å². The van der Waals surface area contributed by atoms with E-state index in [1.165, 1.54) is 13.2 Å². The number of rotatable bonds is 7. The molecule has 3 rings (SSSR count). The van der Waals surface area contributed by atoms with Crippen LogP contribution in [-0.2, 0) is 4.79 Å². The van der Waals surface area contributed by atoms with Crippen LogP contribution in [0.1, 0.15) is 11.1 Å². The highest BCUT2D eigenvalue weighted by Crippen LogP contribution is 2.28. The number of aromatic hydroxyl groups is 1. The highest BCUT2D eigenvalue weighted by Gasteiger charge is 2.09. The summed E-state index contributed by atoms with van der Waals surface area (Å²) < 4.78 is 15.9. The fourth-order valence-corrected chi connectivity index (χ4v) is 2.59. The lowest BCUT2D eigenvalue weighted by Crippen LogP contribution is -2.05. The van der Waals surface area contributed by atoms with Crippen molar-refractivity contribution in [2.24, 2.45) is 4.99 Å². The zero-order valence-corrected chi connectivity index (χ0v) is 16.6. The van der Waals surface area contributed by atoms with E-state index in [1.54, 1.807) is 61.9 Å². The fourth-order valence-electron chi connectivity index (χ4n) is 2.59. The van der Waals surface area contributed by atoms with Crippen molar-refractivity contribution in [1.82, 2.24) is 0 Å². The van der Waals surface area contributed by atoms with Gasteiger partial charge in [0.25, 0.3) is 0 Å². The van der Waals surface area contributed by atoms with Crippen molar-refractivity contribution < 1.29 is 24.1 Å². The quantitative estimate of drug-likeness (QED) is 0.266. The number of hydrogen-bond acceptors (Lipinski definition) is 6. The standard InChI is InChI=1S/C24H21NO5/c1-28-21-5-3-4-17(14-21)7-13-24(27)30-22-12-6-18(15-23(22)29-2)16-25-19-8-10-20(26)11-9-19/h3-16,26H,1-2H3/b13-7+,25-16+. The minimum absolute atomic E-state index is 0.183. The van der Waals surface area contributed by atoms with Gasteiger partial charge in [0.1, 0.15) is 11.5 Å². The smallest absolute Gasteiger partial charge is 0.336 e. The Balaban J connectivity index is 1.69. The maximum absolute atomic E-state index is 12.2. The van der Waals surface area contributed by atoms with Gasteiger partial charge in [0.2, 0.25) is 0 Å². The van der Waals surface area contributed by atoms with Gasteiger partial charge in [-0.15, -0.1) is 0 Å². The number of hydrogen-bond donors (Lipinski definition) is 1. The molecular formula is C24H21NO5. The SMILES string of the molecule is COc1cccc(/C=C/C(=O)Oc2ccc(/C=N/c3ccc(O)cc3)cc2OC)c1. The summed E-state index contributed by atoms with van der Waals surface area (Å²) in [5.41, 5.74) is 2.29.